The van der Waals surface area contributed by atoms with Gasteiger partial charge in [-0.3, -0.25) is 0 Å². The first-order chi connectivity index (χ1) is 6.86. The van der Waals surface area contributed by atoms with E-state index in [-0.39, 0.29) is 0 Å². The lowest BCUT2D eigenvalue weighted by Crippen LogP contribution is -2.37. The van der Waals surface area contributed by atoms with E-state index in [1.165, 1.54) is 51.6 Å². The smallest absolute Gasteiger partial charge is 0.000926 e. The van der Waals surface area contributed by atoms with Gasteiger partial charge >= 0.3 is 0 Å². The third-order valence-corrected chi connectivity index (χ3v) is 3.74. The molecule has 0 bridgehead atoms. The van der Waals surface area contributed by atoms with Crippen LogP contribution in [0, 0.1) is 11.8 Å². The van der Waals surface area contributed by atoms with E-state index in [0.717, 1.165) is 11.8 Å². The fraction of sp³-hybridized carbons (Fsp3) is 1.00. The van der Waals surface area contributed by atoms with Gasteiger partial charge in [-0.2, -0.15) is 0 Å². The predicted octanol–water partition coefficient (Wildman–Crippen LogP) is 3.54. The average Bonchev–Trinajstić information content (AvgIpc) is 2.45. The summed E-state index contributed by atoms with van der Waals surface area (Å²) in [5, 5.41) is 0. The molecule has 1 aliphatic carbocycles. The van der Waals surface area contributed by atoms with Crippen molar-refractivity contribution in [3.05, 3.63) is 0 Å². The molecule has 2 atom stereocenters. The van der Waals surface area contributed by atoms with Crippen LogP contribution in [0.5, 0.6) is 0 Å². The molecule has 1 nitrogen and oxygen atoms in total. The molecule has 0 aromatic heterocycles. The molecule has 0 radical (unpaired) electrons. The first-order valence-corrected chi connectivity index (χ1v) is 6.55. The van der Waals surface area contributed by atoms with E-state index >= 15 is 0 Å². The molecule has 0 aromatic rings. The molecule has 14 heavy (non-hydrogen) atoms. The summed E-state index contributed by atoms with van der Waals surface area (Å²) < 4.78 is 0. The zero-order valence-corrected chi connectivity index (χ0v) is 10.3. The second-order valence-electron chi connectivity index (χ2n) is 4.71. The van der Waals surface area contributed by atoms with Crippen molar-refractivity contribution in [3.8, 4) is 0 Å². The van der Waals surface area contributed by atoms with Gasteiger partial charge in [-0.05, 0) is 38.3 Å². The summed E-state index contributed by atoms with van der Waals surface area (Å²) in [7, 11) is 2.28. The first kappa shape index (κ1) is 12.0. The summed E-state index contributed by atoms with van der Waals surface area (Å²) in [5.74, 6) is 2.13. The Kier molecular flexibility index (Phi) is 5.54. The van der Waals surface area contributed by atoms with Crippen molar-refractivity contribution in [2.75, 3.05) is 20.1 Å². The fourth-order valence-corrected chi connectivity index (χ4v) is 2.96. The van der Waals surface area contributed by atoms with Gasteiger partial charge in [0.15, 0.2) is 0 Å². The van der Waals surface area contributed by atoms with Crippen LogP contribution in [-0.4, -0.2) is 25.0 Å². The van der Waals surface area contributed by atoms with Crippen molar-refractivity contribution >= 4 is 0 Å². The minimum absolute atomic E-state index is 1.05. The molecule has 2 rings (SSSR count). The number of piperidine rings is 1. The number of rotatable bonds is 0. The molecule has 1 saturated heterocycles. The summed E-state index contributed by atoms with van der Waals surface area (Å²) in [6.07, 6.45) is 9.01. The molecule has 0 aromatic carbocycles. The van der Waals surface area contributed by atoms with Gasteiger partial charge in [-0.1, -0.05) is 39.5 Å². The molecule has 2 fully saturated rings. The molecule has 1 aliphatic heterocycles. The zero-order valence-electron chi connectivity index (χ0n) is 10.3. The van der Waals surface area contributed by atoms with Crippen LogP contribution in [0.4, 0.5) is 0 Å². The quantitative estimate of drug-likeness (QED) is 0.574. The molecule has 1 heterocycles. The van der Waals surface area contributed by atoms with Crippen LogP contribution in [0.25, 0.3) is 0 Å². The Bertz CT molecular complexity index is 144. The second kappa shape index (κ2) is 6.44. The largest absolute Gasteiger partial charge is 0.306 e. The Morgan fingerprint density at radius 1 is 0.857 bits per heavy atom. The number of fused-ring (bicyclic) bond motifs is 1. The molecule has 0 amide bonds. The van der Waals surface area contributed by atoms with Crippen molar-refractivity contribution < 1.29 is 0 Å². The van der Waals surface area contributed by atoms with Crippen LogP contribution in [0.1, 0.15) is 52.4 Å². The highest BCUT2D eigenvalue weighted by atomic mass is 15.1. The van der Waals surface area contributed by atoms with Crippen molar-refractivity contribution in [2.45, 2.75) is 52.4 Å². The van der Waals surface area contributed by atoms with Crippen molar-refractivity contribution in [1.29, 1.82) is 0 Å². The lowest BCUT2D eigenvalue weighted by atomic mass is 9.82. The Morgan fingerprint density at radius 3 is 2.21 bits per heavy atom. The third-order valence-electron chi connectivity index (χ3n) is 3.74. The monoisotopic (exact) mass is 197 g/mol. The van der Waals surface area contributed by atoms with Gasteiger partial charge in [0.25, 0.3) is 0 Å². The summed E-state index contributed by atoms with van der Waals surface area (Å²) in [5.41, 5.74) is 0. The van der Waals surface area contributed by atoms with Gasteiger partial charge in [0.2, 0.25) is 0 Å². The molecule has 2 unspecified atom stereocenters. The van der Waals surface area contributed by atoms with Gasteiger partial charge in [0.1, 0.15) is 0 Å². The number of nitrogens with zero attached hydrogens (tertiary/aromatic N) is 1. The van der Waals surface area contributed by atoms with Gasteiger partial charge in [-0.25, -0.2) is 0 Å². The minimum atomic E-state index is 1.05. The normalized spacial score (nSPS) is 33.6. The predicted molar refractivity (Wildman–Crippen MR) is 63.5 cm³/mol. The highest BCUT2D eigenvalue weighted by Gasteiger charge is 2.28. The van der Waals surface area contributed by atoms with Gasteiger partial charge in [-0.15, -0.1) is 0 Å². The molecule has 84 valence electrons. The topological polar surface area (TPSA) is 3.24 Å². The van der Waals surface area contributed by atoms with Crippen molar-refractivity contribution in [1.82, 2.24) is 4.90 Å². The first-order valence-electron chi connectivity index (χ1n) is 6.55. The fourth-order valence-electron chi connectivity index (χ4n) is 2.96. The Morgan fingerprint density at radius 2 is 1.50 bits per heavy atom. The Balaban J connectivity index is 0.000000461. The highest BCUT2D eigenvalue weighted by Crippen LogP contribution is 2.34. The Hall–Kier alpha value is -0.0400. The second-order valence-corrected chi connectivity index (χ2v) is 4.71. The van der Waals surface area contributed by atoms with Gasteiger partial charge in [0, 0.05) is 6.54 Å². The third kappa shape index (κ3) is 3.27. The van der Waals surface area contributed by atoms with Crippen LogP contribution < -0.4 is 0 Å². The minimum Gasteiger partial charge on any atom is -0.306 e. The van der Waals surface area contributed by atoms with E-state index in [4.69, 9.17) is 0 Å². The van der Waals surface area contributed by atoms with E-state index in [1.807, 2.05) is 13.8 Å². The molecular formula is C13H27N. The molecule has 1 saturated carbocycles. The van der Waals surface area contributed by atoms with Crippen molar-refractivity contribution in [3.63, 3.8) is 0 Å². The summed E-state index contributed by atoms with van der Waals surface area (Å²) in [4.78, 5) is 2.52. The average molecular weight is 197 g/mol. The molecule has 2 aliphatic rings. The van der Waals surface area contributed by atoms with E-state index in [1.54, 1.807) is 0 Å². The Labute approximate surface area is 89.9 Å². The maximum atomic E-state index is 2.52. The molecular weight excluding hydrogens is 170 g/mol. The van der Waals surface area contributed by atoms with Crippen LogP contribution in [0.2, 0.25) is 0 Å². The van der Waals surface area contributed by atoms with E-state index in [2.05, 4.69) is 11.9 Å². The maximum absolute atomic E-state index is 2.52. The number of hydrogen-bond acceptors (Lipinski definition) is 1. The van der Waals surface area contributed by atoms with Crippen molar-refractivity contribution in [2.24, 2.45) is 11.8 Å². The molecule has 0 N–H and O–H groups in total. The number of likely N-dealkylation sites (tertiary alicyclic amines) is 1. The highest BCUT2D eigenvalue weighted by molar-refractivity contribution is 4.80. The number of hydrogen-bond donors (Lipinski definition) is 0. The summed E-state index contributed by atoms with van der Waals surface area (Å²) >= 11 is 0. The maximum Gasteiger partial charge on any atom is 0.000926 e. The summed E-state index contributed by atoms with van der Waals surface area (Å²) in [6, 6.07) is 0. The van der Waals surface area contributed by atoms with Crippen LogP contribution in [-0.2, 0) is 0 Å². The lowest BCUT2D eigenvalue weighted by molar-refractivity contribution is 0.136. The molecule has 1 heteroatoms. The summed E-state index contributed by atoms with van der Waals surface area (Å²) in [6.45, 7) is 6.73. The molecule has 0 spiro atoms. The van der Waals surface area contributed by atoms with Crippen LogP contribution >= 0.6 is 0 Å². The standard InChI is InChI=1S/C11H21N.C2H6/c1-12-8-7-10-5-3-2-4-6-11(10)9-12;1-2/h10-11H,2-9H2,1H3;1-2H3. The van der Waals surface area contributed by atoms with E-state index in [0.29, 0.717) is 0 Å². The van der Waals surface area contributed by atoms with Gasteiger partial charge in [0.05, 0.1) is 0 Å². The lowest BCUT2D eigenvalue weighted by Gasteiger charge is -2.35. The zero-order chi connectivity index (χ0) is 10.4. The van der Waals surface area contributed by atoms with Crippen LogP contribution in [0.3, 0.4) is 0 Å². The van der Waals surface area contributed by atoms with E-state index < -0.39 is 0 Å². The van der Waals surface area contributed by atoms with Gasteiger partial charge < -0.3 is 4.90 Å². The van der Waals surface area contributed by atoms with E-state index in [9.17, 15) is 0 Å². The van der Waals surface area contributed by atoms with Crippen LogP contribution in [0.15, 0.2) is 0 Å². The SMILES string of the molecule is CC.CN1CCC2CCCCCC2C1.